The van der Waals surface area contributed by atoms with Crippen molar-refractivity contribution in [3.63, 3.8) is 0 Å². The monoisotopic (exact) mass is 294 g/mol. The predicted molar refractivity (Wildman–Crippen MR) is 29.6 cm³/mol. The molecule has 0 aliphatic carbocycles. The molecule has 0 spiro atoms. The zero-order chi connectivity index (χ0) is 6.53. The zero-order valence-electron chi connectivity index (χ0n) is 4.62. The van der Waals surface area contributed by atoms with Crippen LogP contribution in [0.4, 0.5) is 8.85 Å². The number of hydrogen-bond acceptors (Lipinski definition) is 1. The molecule has 1 aromatic rings. The topological polar surface area (TPSA) is 12.4 Å². The van der Waals surface area contributed by atoms with Gasteiger partial charge in [-0.2, -0.15) is 0 Å². The third-order valence-corrected chi connectivity index (χ3v) is 1.90. The van der Waals surface area contributed by atoms with E-state index in [4.69, 9.17) is 0 Å². The van der Waals surface area contributed by atoms with Gasteiger partial charge in [-0.1, -0.05) is 0 Å². The van der Waals surface area contributed by atoms with Crippen molar-refractivity contribution in [3.05, 3.63) is 30.3 Å². The second kappa shape index (κ2) is 3.62. The van der Waals surface area contributed by atoms with E-state index in [9.17, 15) is 3.16 Å². The van der Waals surface area contributed by atoms with Gasteiger partial charge in [0.1, 0.15) is 0 Å². The SMILES string of the molecule is [F][W]=[N]c1ccccc1. The Morgan fingerprint density at radius 2 is 1.89 bits per heavy atom. The summed E-state index contributed by atoms with van der Waals surface area (Å²) >= 11 is -1.86. The van der Waals surface area contributed by atoms with E-state index in [2.05, 4.69) is 3.50 Å². The molecular formula is C6H5FNW. The van der Waals surface area contributed by atoms with Crippen molar-refractivity contribution in [2.75, 3.05) is 0 Å². The first-order valence-corrected chi connectivity index (χ1v) is 4.89. The van der Waals surface area contributed by atoms with E-state index >= 15 is 0 Å². The van der Waals surface area contributed by atoms with Crippen LogP contribution in [0.5, 0.6) is 0 Å². The van der Waals surface area contributed by atoms with E-state index in [1.807, 2.05) is 18.2 Å². The molecule has 1 rings (SSSR count). The van der Waals surface area contributed by atoms with E-state index in [1.165, 1.54) is 0 Å². The van der Waals surface area contributed by atoms with Crippen molar-refractivity contribution in [3.8, 4) is 0 Å². The fourth-order valence-electron chi connectivity index (χ4n) is 0.529. The number of rotatable bonds is 1. The standard InChI is InChI=1S/C6H5N.FH.W/c7-6-4-2-1-3-5-6;;/h1-5H;1H;/q;;+1/p-1. The van der Waals surface area contributed by atoms with Gasteiger partial charge in [0, 0.05) is 0 Å². The van der Waals surface area contributed by atoms with Crippen molar-refractivity contribution in [2.24, 2.45) is 3.50 Å². The molecule has 0 aliphatic heterocycles. The van der Waals surface area contributed by atoms with Crippen molar-refractivity contribution >= 4 is 5.69 Å². The molecule has 3 heteroatoms. The molecule has 0 heterocycles. The van der Waals surface area contributed by atoms with Crippen LogP contribution >= 0.6 is 0 Å². The van der Waals surface area contributed by atoms with Crippen LogP contribution in [0.2, 0.25) is 0 Å². The third-order valence-electron chi connectivity index (χ3n) is 0.896. The van der Waals surface area contributed by atoms with E-state index in [0.717, 1.165) is 5.69 Å². The van der Waals surface area contributed by atoms with Gasteiger partial charge in [0.05, 0.1) is 0 Å². The molecule has 9 heavy (non-hydrogen) atoms. The van der Waals surface area contributed by atoms with E-state index in [0.29, 0.717) is 0 Å². The molecule has 0 amide bonds. The number of hydrogen-bond donors (Lipinski definition) is 0. The summed E-state index contributed by atoms with van der Waals surface area (Å²) in [5.41, 5.74) is 0.769. The second-order valence-corrected chi connectivity index (χ2v) is 2.65. The van der Waals surface area contributed by atoms with Crippen LogP contribution in [-0.4, -0.2) is 0 Å². The summed E-state index contributed by atoms with van der Waals surface area (Å²) in [6.07, 6.45) is 0. The number of halogens is 1. The third kappa shape index (κ3) is 2.15. The van der Waals surface area contributed by atoms with Crippen LogP contribution in [0.25, 0.3) is 0 Å². The average molecular weight is 294 g/mol. The summed E-state index contributed by atoms with van der Waals surface area (Å²) in [6, 6.07) is 9.21. The van der Waals surface area contributed by atoms with Gasteiger partial charge in [0.15, 0.2) is 0 Å². The maximum absolute atomic E-state index is 11.7. The summed E-state index contributed by atoms with van der Waals surface area (Å²) < 4.78 is 15.4. The zero-order valence-corrected chi connectivity index (χ0v) is 7.55. The summed E-state index contributed by atoms with van der Waals surface area (Å²) in [6.45, 7) is 0. The fraction of sp³-hybridized carbons (Fsp3) is 0. The Labute approximate surface area is 61.9 Å². The second-order valence-electron chi connectivity index (χ2n) is 1.50. The van der Waals surface area contributed by atoms with Crippen LogP contribution in [0.1, 0.15) is 0 Å². The van der Waals surface area contributed by atoms with Gasteiger partial charge in [-0.25, -0.2) is 0 Å². The molecule has 0 radical (unpaired) electrons. The molecule has 0 fully saturated rings. The molecular weight excluding hydrogens is 289 g/mol. The van der Waals surface area contributed by atoms with E-state index < -0.39 is 18.9 Å². The molecule has 47 valence electrons. The molecule has 0 unspecified atom stereocenters. The number of nitrogens with zero attached hydrogens (tertiary/aromatic N) is 1. The van der Waals surface area contributed by atoms with Crippen molar-refractivity contribution in [1.82, 2.24) is 0 Å². The van der Waals surface area contributed by atoms with Gasteiger partial charge < -0.3 is 0 Å². The van der Waals surface area contributed by atoms with Crippen LogP contribution in [-0.2, 0) is 18.9 Å². The van der Waals surface area contributed by atoms with Gasteiger partial charge in [-0.3, -0.25) is 0 Å². The summed E-state index contributed by atoms with van der Waals surface area (Å²) in [5, 5.41) is 0. The Morgan fingerprint density at radius 3 is 2.44 bits per heavy atom. The van der Waals surface area contributed by atoms with Gasteiger partial charge in [-0.15, -0.1) is 0 Å². The van der Waals surface area contributed by atoms with Gasteiger partial charge in [0.25, 0.3) is 0 Å². The van der Waals surface area contributed by atoms with E-state index in [-0.39, 0.29) is 0 Å². The van der Waals surface area contributed by atoms with E-state index in [1.54, 1.807) is 12.1 Å². The minimum absolute atomic E-state index is 0.769. The Hall–Kier alpha value is -0.362. The summed E-state index contributed by atoms with van der Waals surface area (Å²) in [4.78, 5) is 0. The van der Waals surface area contributed by atoms with Crippen LogP contribution < -0.4 is 0 Å². The Kier molecular flexibility index (Phi) is 2.72. The predicted octanol–water partition coefficient (Wildman–Crippen LogP) is 2.47. The van der Waals surface area contributed by atoms with Crippen LogP contribution in [0, 0.1) is 0 Å². The molecule has 1 aromatic carbocycles. The minimum atomic E-state index is -1.86. The van der Waals surface area contributed by atoms with Crippen LogP contribution in [0.15, 0.2) is 33.8 Å². The first-order chi connectivity index (χ1) is 4.43. The molecule has 0 saturated heterocycles. The molecule has 0 aliphatic rings. The number of benzene rings is 1. The fourth-order valence-corrected chi connectivity index (χ4v) is 1.25. The van der Waals surface area contributed by atoms with Gasteiger partial charge in [-0.05, 0) is 0 Å². The van der Waals surface area contributed by atoms with Crippen molar-refractivity contribution < 1.29 is 22.1 Å². The van der Waals surface area contributed by atoms with Crippen molar-refractivity contribution in [1.29, 1.82) is 0 Å². The Bertz CT molecular complexity index is 197. The first kappa shape index (κ1) is 6.75. The van der Waals surface area contributed by atoms with Crippen LogP contribution in [0.3, 0.4) is 0 Å². The Balaban J connectivity index is 2.85. The normalized spacial score (nSPS) is 10.3. The summed E-state index contributed by atoms with van der Waals surface area (Å²) in [7, 11) is 0. The molecule has 0 bridgehead atoms. The molecule has 0 aromatic heterocycles. The molecule has 1 nitrogen and oxygen atoms in total. The first-order valence-electron chi connectivity index (χ1n) is 2.47. The Morgan fingerprint density at radius 1 is 1.22 bits per heavy atom. The van der Waals surface area contributed by atoms with Crippen molar-refractivity contribution in [2.45, 2.75) is 0 Å². The summed E-state index contributed by atoms with van der Waals surface area (Å²) in [5.74, 6) is 0. The molecule has 0 saturated carbocycles. The average Bonchev–Trinajstić information content (AvgIpc) is 1.91. The molecule has 0 atom stereocenters. The molecule has 0 N–H and O–H groups in total. The maximum atomic E-state index is 11.7. The van der Waals surface area contributed by atoms with Gasteiger partial charge >= 0.3 is 61.6 Å². The van der Waals surface area contributed by atoms with Gasteiger partial charge in [0.2, 0.25) is 0 Å². The quantitative estimate of drug-likeness (QED) is 0.754.